The van der Waals surface area contributed by atoms with Gasteiger partial charge >= 0.3 is 5.97 Å². The molecule has 0 radical (unpaired) electrons. The van der Waals surface area contributed by atoms with E-state index in [4.69, 9.17) is 4.74 Å². The SMILES string of the molecule is COC(=O)/C=C\N(/N=C/C=C/c1ccc(OC)cc1)S(=O)(=O)c1ccc(C)cc1. The van der Waals surface area contributed by atoms with Gasteiger partial charge in [-0.25, -0.2) is 4.79 Å². The van der Waals surface area contributed by atoms with Gasteiger partial charge in [0.15, 0.2) is 0 Å². The number of carbonyl (C=O) groups excluding carboxylic acids is 1. The van der Waals surface area contributed by atoms with E-state index < -0.39 is 16.0 Å². The molecule has 152 valence electrons. The highest BCUT2D eigenvalue weighted by atomic mass is 32.2. The van der Waals surface area contributed by atoms with Crippen molar-refractivity contribution in [3.8, 4) is 5.75 Å². The normalized spacial score (nSPS) is 12.0. The number of allylic oxidation sites excluding steroid dienone is 1. The molecule has 0 atom stereocenters. The zero-order chi connectivity index (χ0) is 21.3. The summed E-state index contributed by atoms with van der Waals surface area (Å²) in [5.74, 6) is 0.0391. The number of methoxy groups -OCH3 is 2. The number of aryl methyl sites for hydroxylation is 1. The lowest BCUT2D eigenvalue weighted by Gasteiger charge is -2.14. The maximum Gasteiger partial charge on any atom is 0.332 e. The molecule has 2 aromatic carbocycles. The summed E-state index contributed by atoms with van der Waals surface area (Å²) >= 11 is 0. The van der Waals surface area contributed by atoms with Crippen molar-refractivity contribution in [1.82, 2.24) is 4.41 Å². The smallest absolute Gasteiger partial charge is 0.332 e. The van der Waals surface area contributed by atoms with Crippen molar-refractivity contribution < 1.29 is 22.7 Å². The van der Waals surface area contributed by atoms with E-state index in [1.54, 1.807) is 31.4 Å². The van der Waals surface area contributed by atoms with Gasteiger partial charge in [0.05, 0.1) is 19.1 Å². The average molecular weight is 414 g/mol. The van der Waals surface area contributed by atoms with Crippen molar-refractivity contribution in [2.75, 3.05) is 14.2 Å². The molecule has 7 nitrogen and oxygen atoms in total. The van der Waals surface area contributed by atoms with E-state index in [9.17, 15) is 13.2 Å². The summed E-state index contributed by atoms with van der Waals surface area (Å²) in [4.78, 5) is 11.4. The fraction of sp³-hybridized carbons (Fsp3) is 0.143. The fourth-order valence-corrected chi connectivity index (χ4v) is 3.26. The summed E-state index contributed by atoms with van der Waals surface area (Å²) in [5, 5.41) is 3.96. The number of rotatable bonds is 8. The number of hydrazone groups is 1. The Morgan fingerprint density at radius 1 is 1.03 bits per heavy atom. The Hall–Kier alpha value is -3.39. The molecule has 8 heteroatoms. The third-order valence-corrected chi connectivity index (χ3v) is 5.35. The standard InChI is InChI=1S/C21H22N2O5S/c1-17-6-12-20(13-7-17)29(25,26)23(16-14-21(24)28-3)22-15-4-5-18-8-10-19(27-2)11-9-18/h4-16H,1-3H3/b5-4+,16-14-,22-15+. The number of ether oxygens (including phenoxy) is 2. The van der Waals surface area contributed by atoms with E-state index in [-0.39, 0.29) is 4.90 Å². The van der Waals surface area contributed by atoms with Crippen molar-refractivity contribution in [3.63, 3.8) is 0 Å². The molecule has 0 aliphatic carbocycles. The Labute approximate surface area is 170 Å². The maximum absolute atomic E-state index is 12.9. The van der Waals surface area contributed by atoms with Crippen LogP contribution in [0.2, 0.25) is 0 Å². The molecule has 0 saturated carbocycles. The molecule has 29 heavy (non-hydrogen) atoms. The summed E-state index contributed by atoms with van der Waals surface area (Å²) in [6.07, 6.45) is 6.68. The van der Waals surface area contributed by atoms with Crippen LogP contribution in [0.25, 0.3) is 6.08 Å². The minimum Gasteiger partial charge on any atom is -0.497 e. The van der Waals surface area contributed by atoms with Gasteiger partial charge < -0.3 is 9.47 Å². The Bertz CT molecular complexity index is 1010. The lowest BCUT2D eigenvalue weighted by Crippen LogP contribution is -2.21. The first-order valence-electron chi connectivity index (χ1n) is 8.59. The van der Waals surface area contributed by atoms with Crippen LogP contribution in [0.1, 0.15) is 11.1 Å². The van der Waals surface area contributed by atoms with Gasteiger partial charge in [-0.1, -0.05) is 35.9 Å². The molecule has 0 N–H and O–H groups in total. The molecule has 0 fully saturated rings. The number of hydrogen-bond donors (Lipinski definition) is 0. The molecule has 0 aliphatic rings. The fourth-order valence-electron chi connectivity index (χ4n) is 2.16. The number of sulfonamides is 1. The van der Waals surface area contributed by atoms with Crippen LogP contribution in [0, 0.1) is 6.92 Å². The van der Waals surface area contributed by atoms with E-state index in [2.05, 4.69) is 9.84 Å². The van der Waals surface area contributed by atoms with Gasteiger partial charge in [0.1, 0.15) is 5.75 Å². The van der Waals surface area contributed by atoms with E-state index in [0.717, 1.165) is 29.2 Å². The van der Waals surface area contributed by atoms with Crippen LogP contribution in [0.4, 0.5) is 0 Å². The third kappa shape index (κ3) is 6.32. The second-order valence-electron chi connectivity index (χ2n) is 5.83. The monoisotopic (exact) mass is 414 g/mol. The van der Waals surface area contributed by atoms with Crippen LogP contribution >= 0.6 is 0 Å². The molecule has 0 saturated heterocycles. The van der Waals surface area contributed by atoms with Gasteiger partial charge in [0.25, 0.3) is 10.0 Å². The van der Waals surface area contributed by atoms with Crippen LogP contribution in [0.5, 0.6) is 5.75 Å². The molecule has 0 aromatic heterocycles. The van der Waals surface area contributed by atoms with E-state index in [1.165, 1.54) is 25.5 Å². The number of esters is 1. The van der Waals surface area contributed by atoms with Crippen molar-refractivity contribution in [1.29, 1.82) is 0 Å². The number of hydrogen-bond acceptors (Lipinski definition) is 6. The predicted octanol–water partition coefficient (Wildman–Crippen LogP) is 3.38. The van der Waals surface area contributed by atoms with E-state index >= 15 is 0 Å². The topological polar surface area (TPSA) is 85.3 Å². The van der Waals surface area contributed by atoms with Gasteiger partial charge in [-0.15, -0.1) is 0 Å². The molecule has 0 heterocycles. The summed E-state index contributed by atoms with van der Waals surface area (Å²) in [7, 11) is -1.20. The zero-order valence-electron chi connectivity index (χ0n) is 16.3. The summed E-state index contributed by atoms with van der Waals surface area (Å²) in [5.41, 5.74) is 1.81. The van der Waals surface area contributed by atoms with Crippen molar-refractivity contribution in [3.05, 3.63) is 78.0 Å². The second-order valence-corrected chi connectivity index (χ2v) is 7.62. The second kappa shape index (κ2) is 10.2. The number of benzene rings is 2. The molecule has 2 rings (SSSR count). The summed E-state index contributed by atoms with van der Waals surface area (Å²) < 4.78 is 36.0. The molecule has 0 amide bonds. The van der Waals surface area contributed by atoms with Crippen LogP contribution in [-0.2, 0) is 19.6 Å². The minimum atomic E-state index is -3.99. The van der Waals surface area contributed by atoms with Gasteiger partial charge in [0.2, 0.25) is 0 Å². The molecule has 0 bridgehead atoms. The first kappa shape index (κ1) is 21.9. The number of nitrogens with zero attached hydrogens (tertiary/aromatic N) is 2. The molecule has 0 unspecified atom stereocenters. The number of carbonyl (C=O) groups is 1. The maximum atomic E-state index is 12.9. The van der Waals surface area contributed by atoms with Crippen molar-refractivity contribution in [2.45, 2.75) is 11.8 Å². The van der Waals surface area contributed by atoms with Gasteiger partial charge in [-0.3, -0.25) is 0 Å². The molecule has 0 aliphatic heterocycles. The van der Waals surface area contributed by atoms with Gasteiger partial charge in [-0.2, -0.15) is 17.9 Å². The highest BCUT2D eigenvalue weighted by Gasteiger charge is 2.21. The van der Waals surface area contributed by atoms with Gasteiger partial charge in [-0.05, 0) is 42.8 Å². The third-order valence-electron chi connectivity index (χ3n) is 3.78. The Kier molecular flexibility index (Phi) is 7.73. The molecule has 2 aromatic rings. The van der Waals surface area contributed by atoms with Gasteiger partial charge in [0, 0.05) is 18.5 Å². The lowest BCUT2D eigenvalue weighted by atomic mass is 10.2. The first-order valence-corrected chi connectivity index (χ1v) is 10.0. The minimum absolute atomic E-state index is 0.0499. The molecular formula is C21H22N2O5S. The average Bonchev–Trinajstić information content (AvgIpc) is 2.73. The highest BCUT2D eigenvalue weighted by molar-refractivity contribution is 7.89. The Morgan fingerprint density at radius 2 is 1.69 bits per heavy atom. The Balaban J connectivity index is 2.26. The quantitative estimate of drug-likeness (QED) is 0.286. The summed E-state index contributed by atoms with van der Waals surface area (Å²) in [6.45, 7) is 1.85. The largest absolute Gasteiger partial charge is 0.497 e. The lowest BCUT2D eigenvalue weighted by molar-refractivity contribution is -0.134. The molecular weight excluding hydrogens is 392 g/mol. The van der Waals surface area contributed by atoms with Crippen LogP contribution in [0.15, 0.2) is 76.9 Å². The highest BCUT2D eigenvalue weighted by Crippen LogP contribution is 2.17. The van der Waals surface area contributed by atoms with Crippen molar-refractivity contribution in [2.24, 2.45) is 5.10 Å². The van der Waals surface area contributed by atoms with Crippen LogP contribution in [-0.4, -0.2) is 39.2 Å². The Morgan fingerprint density at radius 3 is 2.28 bits per heavy atom. The molecule has 0 spiro atoms. The predicted molar refractivity (Wildman–Crippen MR) is 112 cm³/mol. The van der Waals surface area contributed by atoms with E-state index in [1.807, 2.05) is 31.2 Å². The first-order chi connectivity index (χ1) is 13.9. The van der Waals surface area contributed by atoms with E-state index in [0.29, 0.717) is 4.41 Å². The van der Waals surface area contributed by atoms with Crippen LogP contribution in [0.3, 0.4) is 0 Å². The summed E-state index contributed by atoms with van der Waals surface area (Å²) in [6, 6.07) is 13.6. The zero-order valence-corrected chi connectivity index (χ0v) is 17.2. The van der Waals surface area contributed by atoms with Crippen molar-refractivity contribution >= 4 is 28.3 Å². The van der Waals surface area contributed by atoms with Crippen LogP contribution < -0.4 is 4.74 Å².